The van der Waals surface area contributed by atoms with Gasteiger partial charge >= 0.3 is 0 Å². The number of pyridine rings is 2. The molecule has 1 aliphatic carbocycles. The monoisotopic (exact) mass is 494 g/mol. The van der Waals surface area contributed by atoms with Crippen molar-refractivity contribution in [1.29, 1.82) is 0 Å². The van der Waals surface area contributed by atoms with Gasteiger partial charge in [0.25, 0.3) is 11.5 Å². The first kappa shape index (κ1) is 24.4. The van der Waals surface area contributed by atoms with Crippen molar-refractivity contribution in [2.75, 3.05) is 32.8 Å². The van der Waals surface area contributed by atoms with Gasteiger partial charge in [0.05, 0.1) is 18.6 Å². The summed E-state index contributed by atoms with van der Waals surface area (Å²) in [4.78, 5) is 33.6. The first-order valence-electron chi connectivity index (χ1n) is 12.6. The molecule has 2 fully saturated rings. The van der Waals surface area contributed by atoms with E-state index in [4.69, 9.17) is 4.74 Å². The highest BCUT2D eigenvalue weighted by Gasteiger charge is 2.26. The molecule has 0 atom stereocenters. The second-order valence-corrected chi connectivity index (χ2v) is 9.54. The molecule has 36 heavy (non-hydrogen) atoms. The minimum atomic E-state index is -0.557. The molecular formula is C27H31FN4O4. The lowest BCUT2D eigenvalue weighted by Gasteiger charge is -2.27. The van der Waals surface area contributed by atoms with Crippen LogP contribution in [-0.4, -0.2) is 64.4 Å². The Morgan fingerprint density at radius 1 is 1.08 bits per heavy atom. The van der Waals surface area contributed by atoms with Crippen LogP contribution in [0.4, 0.5) is 4.39 Å². The first-order valence-corrected chi connectivity index (χ1v) is 12.6. The van der Waals surface area contributed by atoms with E-state index in [9.17, 15) is 19.1 Å². The summed E-state index contributed by atoms with van der Waals surface area (Å²) in [5.41, 5.74) is 0.863. The lowest BCUT2D eigenvalue weighted by Crippen LogP contribution is -2.42. The summed E-state index contributed by atoms with van der Waals surface area (Å²) < 4.78 is 20.3. The highest BCUT2D eigenvalue weighted by Crippen LogP contribution is 2.30. The van der Waals surface area contributed by atoms with Gasteiger partial charge in [0, 0.05) is 44.0 Å². The maximum absolute atomic E-state index is 13.6. The van der Waals surface area contributed by atoms with Gasteiger partial charge in [-0.05, 0) is 36.6 Å². The summed E-state index contributed by atoms with van der Waals surface area (Å²) in [6, 6.07) is 7.65. The Hall–Kier alpha value is -3.30. The van der Waals surface area contributed by atoms with Gasteiger partial charge in [0.15, 0.2) is 0 Å². The largest absolute Gasteiger partial charge is 0.506 e. The Bertz CT molecular complexity index is 1300. The molecule has 1 saturated carbocycles. The van der Waals surface area contributed by atoms with Gasteiger partial charge in [-0.3, -0.25) is 19.1 Å². The summed E-state index contributed by atoms with van der Waals surface area (Å²) >= 11 is 0. The van der Waals surface area contributed by atoms with Crippen LogP contribution < -0.4 is 10.9 Å². The molecule has 2 aromatic heterocycles. The van der Waals surface area contributed by atoms with Crippen LogP contribution in [0.2, 0.25) is 0 Å². The zero-order chi connectivity index (χ0) is 25.1. The van der Waals surface area contributed by atoms with Crippen LogP contribution in [-0.2, 0) is 11.3 Å². The smallest absolute Gasteiger partial charge is 0.268 e. The zero-order valence-corrected chi connectivity index (χ0v) is 20.2. The van der Waals surface area contributed by atoms with Crippen LogP contribution in [0.25, 0.3) is 22.2 Å². The van der Waals surface area contributed by atoms with Crippen molar-refractivity contribution < 1.29 is 19.0 Å². The summed E-state index contributed by atoms with van der Waals surface area (Å²) in [5.74, 6) is -1.28. The number of ether oxygens (including phenoxy) is 1. The average Bonchev–Trinajstić information content (AvgIpc) is 2.90. The van der Waals surface area contributed by atoms with E-state index < -0.39 is 11.5 Å². The van der Waals surface area contributed by atoms with E-state index in [1.807, 2.05) is 0 Å². The molecule has 1 saturated heterocycles. The van der Waals surface area contributed by atoms with E-state index in [2.05, 4.69) is 15.2 Å². The predicted octanol–water partition coefficient (Wildman–Crippen LogP) is 3.30. The van der Waals surface area contributed by atoms with Crippen molar-refractivity contribution in [3.8, 4) is 16.9 Å². The molecule has 3 aromatic rings. The number of morpholine rings is 1. The van der Waals surface area contributed by atoms with Crippen molar-refractivity contribution in [2.45, 2.75) is 44.7 Å². The fourth-order valence-corrected chi connectivity index (χ4v) is 5.10. The van der Waals surface area contributed by atoms with Crippen LogP contribution in [0.15, 0.2) is 41.3 Å². The molecule has 3 heterocycles. The molecule has 9 heteroatoms. The molecular weight excluding hydrogens is 463 g/mol. The molecule has 190 valence electrons. The Kier molecular flexibility index (Phi) is 7.29. The molecule has 0 unspecified atom stereocenters. The second kappa shape index (κ2) is 10.8. The normalized spacial score (nSPS) is 17.4. The Labute approximate surface area is 208 Å². The molecule has 0 spiro atoms. The van der Waals surface area contributed by atoms with Crippen LogP contribution in [0.1, 0.15) is 42.5 Å². The molecule has 5 rings (SSSR count). The number of nitrogens with zero attached hydrogens (tertiary/aromatic N) is 3. The summed E-state index contributed by atoms with van der Waals surface area (Å²) in [7, 11) is 0. The lowest BCUT2D eigenvalue weighted by atomic mass is 9.95. The molecule has 1 aromatic carbocycles. The number of benzene rings is 1. The number of hydrogen-bond acceptors (Lipinski definition) is 6. The van der Waals surface area contributed by atoms with Crippen LogP contribution in [0.3, 0.4) is 0 Å². The first-order chi connectivity index (χ1) is 17.5. The van der Waals surface area contributed by atoms with Gasteiger partial charge in [-0.1, -0.05) is 31.4 Å². The molecule has 8 nitrogen and oxygen atoms in total. The highest BCUT2D eigenvalue weighted by atomic mass is 19.1. The van der Waals surface area contributed by atoms with Crippen molar-refractivity contribution in [1.82, 2.24) is 19.8 Å². The number of carbonyl (C=O) groups excluding carboxylic acids is 1. The average molecular weight is 495 g/mol. The van der Waals surface area contributed by atoms with Gasteiger partial charge in [0.1, 0.15) is 22.8 Å². The quantitative estimate of drug-likeness (QED) is 0.546. The maximum atomic E-state index is 13.6. The number of rotatable bonds is 6. The number of hydrogen-bond donors (Lipinski definition) is 2. The molecule has 0 radical (unpaired) electrons. The number of carbonyl (C=O) groups is 1. The SMILES string of the molecule is O=C(NC1CCCCC1)c1c(O)c2cc(-c3ccc(F)cc3)cnc2n(CCN2CCOCC2)c1=O. The van der Waals surface area contributed by atoms with E-state index in [-0.39, 0.29) is 23.2 Å². The van der Waals surface area contributed by atoms with E-state index in [0.717, 1.165) is 45.2 Å². The van der Waals surface area contributed by atoms with Crippen LogP contribution in [0.5, 0.6) is 5.75 Å². The number of aromatic nitrogens is 2. The molecule has 2 aliphatic rings. The number of aromatic hydroxyl groups is 1. The van der Waals surface area contributed by atoms with Crippen molar-refractivity contribution in [3.63, 3.8) is 0 Å². The predicted molar refractivity (Wildman–Crippen MR) is 135 cm³/mol. The lowest BCUT2D eigenvalue weighted by molar-refractivity contribution is 0.0364. The van der Waals surface area contributed by atoms with Gasteiger partial charge in [-0.25, -0.2) is 9.37 Å². The number of nitrogens with one attached hydrogen (secondary N) is 1. The number of halogens is 1. The van der Waals surface area contributed by atoms with E-state index in [1.54, 1.807) is 24.4 Å². The van der Waals surface area contributed by atoms with Crippen molar-refractivity contribution in [2.24, 2.45) is 0 Å². The van der Waals surface area contributed by atoms with Crippen molar-refractivity contribution in [3.05, 3.63) is 58.3 Å². The molecule has 1 aliphatic heterocycles. The van der Waals surface area contributed by atoms with Crippen LogP contribution >= 0.6 is 0 Å². The third-order valence-electron chi connectivity index (χ3n) is 7.16. The van der Waals surface area contributed by atoms with Gasteiger partial charge in [0.2, 0.25) is 0 Å². The van der Waals surface area contributed by atoms with Crippen LogP contribution in [0, 0.1) is 5.82 Å². The fourth-order valence-electron chi connectivity index (χ4n) is 5.10. The number of fused-ring (bicyclic) bond motifs is 1. The Balaban J connectivity index is 1.56. The van der Waals surface area contributed by atoms with E-state index in [1.165, 1.54) is 16.7 Å². The van der Waals surface area contributed by atoms with Gasteiger partial charge in [-0.2, -0.15) is 0 Å². The Morgan fingerprint density at radius 2 is 1.81 bits per heavy atom. The number of amides is 1. The maximum Gasteiger partial charge on any atom is 0.268 e. The van der Waals surface area contributed by atoms with Gasteiger partial charge in [-0.15, -0.1) is 0 Å². The summed E-state index contributed by atoms with van der Waals surface area (Å²) in [6.45, 7) is 3.72. The second-order valence-electron chi connectivity index (χ2n) is 9.54. The van der Waals surface area contributed by atoms with E-state index >= 15 is 0 Å². The third kappa shape index (κ3) is 5.12. The van der Waals surface area contributed by atoms with Gasteiger partial charge < -0.3 is 15.2 Å². The standard InChI is InChI=1S/C27H31FN4O4/c28-20-8-6-18(7-9-20)19-16-22-24(33)23(26(34)30-21-4-2-1-3-5-21)27(35)32(25(22)29-17-19)11-10-31-12-14-36-15-13-31/h6-9,16-17,21,33H,1-5,10-15H2,(H,30,34). The fraction of sp³-hybridized carbons (Fsp3) is 0.444. The molecule has 1 amide bonds. The van der Waals surface area contributed by atoms with Crippen molar-refractivity contribution >= 4 is 16.9 Å². The Morgan fingerprint density at radius 3 is 2.53 bits per heavy atom. The zero-order valence-electron chi connectivity index (χ0n) is 20.2. The summed E-state index contributed by atoms with van der Waals surface area (Å²) in [6.07, 6.45) is 6.52. The summed E-state index contributed by atoms with van der Waals surface area (Å²) in [5, 5.41) is 14.5. The molecule has 0 bridgehead atoms. The topological polar surface area (TPSA) is 96.7 Å². The minimum absolute atomic E-state index is 0.00813. The minimum Gasteiger partial charge on any atom is -0.506 e. The molecule has 2 N–H and O–H groups in total. The van der Waals surface area contributed by atoms with E-state index in [0.29, 0.717) is 48.5 Å². The highest BCUT2D eigenvalue weighted by molar-refractivity contribution is 6.02. The third-order valence-corrected chi connectivity index (χ3v) is 7.16.